The van der Waals surface area contributed by atoms with Crippen LogP contribution >= 0.6 is 23.2 Å². The Balaban J connectivity index is 1.55. The average molecular weight is 586 g/mol. The molecular weight excluding hydrogens is 559 g/mol. The van der Waals surface area contributed by atoms with Gasteiger partial charge in [0.15, 0.2) is 0 Å². The van der Waals surface area contributed by atoms with E-state index in [4.69, 9.17) is 27.9 Å². The quantitative estimate of drug-likeness (QED) is 0.200. The number of carbonyl (C=O) groups excluding carboxylic acids is 1. The topological polar surface area (TPSA) is 93.0 Å². The molecule has 0 aliphatic carbocycles. The number of hydrogen-bond acceptors (Lipinski definition) is 5. The minimum atomic E-state index is -4.04. The Labute approximate surface area is 237 Å². The largest absolute Gasteiger partial charge is 0.497 e. The van der Waals surface area contributed by atoms with Gasteiger partial charge in [-0.25, -0.2) is 13.8 Å². The number of methoxy groups -OCH3 is 1. The zero-order valence-electron chi connectivity index (χ0n) is 21.4. The molecule has 202 valence electrons. The van der Waals surface area contributed by atoms with Crippen LogP contribution in [0.25, 0.3) is 5.69 Å². The lowest BCUT2D eigenvalue weighted by molar-refractivity contribution is -0.119. The number of benzene rings is 3. The van der Waals surface area contributed by atoms with Gasteiger partial charge in [-0.15, -0.1) is 0 Å². The monoisotopic (exact) mass is 584 g/mol. The van der Waals surface area contributed by atoms with Gasteiger partial charge in [-0.05, 0) is 74.5 Å². The zero-order chi connectivity index (χ0) is 28.2. The maximum atomic E-state index is 13.4. The molecule has 3 aromatic carbocycles. The van der Waals surface area contributed by atoms with E-state index in [0.717, 1.165) is 26.9 Å². The van der Waals surface area contributed by atoms with Gasteiger partial charge >= 0.3 is 0 Å². The number of carbonyl (C=O) groups is 1. The van der Waals surface area contributed by atoms with Crippen LogP contribution in [0.15, 0.2) is 88.9 Å². The number of ether oxygens (including phenoxy) is 1. The number of nitrogens with one attached hydrogen (secondary N) is 1. The van der Waals surface area contributed by atoms with Crippen LogP contribution in [0.4, 0.5) is 5.69 Å². The molecule has 0 fully saturated rings. The number of hydrazone groups is 1. The zero-order valence-corrected chi connectivity index (χ0v) is 23.8. The molecule has 0 radical (unpaired) electrons. The molecule has 0 unspecified atom stereocenters. The number of halogens is 2. The van der Waals surface area contributed by atoms with Crippen LogP contribution < -0.4 is 14.5 Å². The SMILES string of the molecule is COc1ccc(N(CC(=O)N/N=C\c2cc(C)n(-c3cc(Cl)cc(Cl)c3)c2C)S(=O)(=O)c2ccccc2)cc1. The van der Waals surface area contributed by atoms with Gasteiger partial charge in [0.05, 0.1) is 23.9 Å². The summed E-state index contributed by atoms with van der Waals surface area (Å²) in [7, 11) is -2.52. The first-order valence-electron chi connectivity index (χ1n) is 11.8. The van der Waals surface area contributed by atoms with Crippen molar-refractivity contribution in [3.05, 3.63) is 106 Å². The lowest BCUT2D eigenvalue weighted by atomic mass is 10.2. The smallest absolute Gasteiger partial charge is 0.264 e. The summed E-state index contributed by atoms with van der Waals surface area (Å²) in [6, 6.07) is 21.5. The second-order valence-electron chi connectivity index (χ2n) is 8.61. The number of sulfonamides is 1. The van der Waals surface area contributed by atoms with Crippen molar-refractivity contribution in [3.63, 3.8) is 0 Å². The van der Waals surface area contributed by atoms with Crippen LogP contribution in [-0.4, -0.2) is 38.8 Å². The second-order valence-corrected chi connectivity index (χ2v) is 11.3. The minimum Gasteiger partial charge on any atom is -0.497 e. The highest BCUT2D eigenvalue weighted by atomic mass is 35.5. The number of hydrogen-bond donors (Lipinski definition) is 1. The van der Waals surface area contributed by atoms with Crippen molar-refractivity contribution in [1.82, 2.24) is 9.99 Å². The summed E-state index contributed by atoms with van der Waals surface area (Å²) in [5.74, 6) is -0.0560. The van der Waals surface area contributed by atoms with Crippen molar-refractivity contribution >= 4 is 51.0 Å². The number of anilines is 1. The summed E-state index contributed by atoms with van der Waals surface area (Å²) >= 11 is 12.4. The maximum absolute atomic E-state index is 13.4. The van der Waals surface area contributed by atoms with E-state index in [9.17, 15) is 13.2 Å². The Bertz CT molecular complexity index is 1600. The summed E-state index contributed by atoms with van der Waals surface area (Å²) < 4.78 is 35.1. The normalized spacial score (nSPS) is 11.5. The van der Waals surface area contributed by atoms with E-state index < -0.39 is 22.5 Å². The molecular formula is C28H26Cl2N4O4S. The standard InChI is InChI=1S/C28H26Cl2N4O4S/c1-19-13-21(20(2)34(19)25-15-22(29)14-23(30)16-25)17-31-32-28(35)18-33(24-9-11-26(38-3)12-10-24)39(36,37)27-7-5-4-6-8-27/h4-17H,18H2,1-3H3,(H,32,35)/b31-17-. The summed E-state index contributed by atoms with van der Waals surface area (Å²) in [6.45, 7) is 3.35. The van der Waals surface area contributed by atoms with Crippen LogP contribution in [-0.2, 0) is 14.8 Å². The van der Waals surface area contributed by atoms with Crippen LogP contribution in [0.3, 0.4) is 0 Å². The lowest BCUT2D eigenvalue weighted by Gasteiger charge is -2.23. The molecule has 0 atom stereocenters. The summed E-state index contributed by atoms with van der Waals surface area (Å²) in [5, 5.41) is 5.11. The van der Waals surface area contributed by atoms with Crippen molar-refractivity contribution in [1.29, 1.82) is 0 Å². The average Bonchev–Trinajstić information content (AvgIpc) is 3.19. The van der Waals surface area contributed by atoms with E-state index in [2.05, 4.69) is 10.5 Å². The van der Waals surface area contributed by atoms with Crippen LogP contribution in [0.1, 0.15) is 17.0 Å². The van der Waals surface area contributed by atoms with Crippen LogP contribution in [0.2, 0.25) is 10.0 Å². The molecule has 4 rings (SSSR count). The fraction of sp³-hybridized carbons (Fsp3) is 0.143. The maximum Gasteiger partial charge on any atom is 0.264 e. The van der Waals surface area contributed by atoms with Gasteiger partial charge in [-0.3, -0.25) is 9.10 Å². The fourth-order valence-corrected chi connectivity index (χ4v) is 6.06. The molecule has 39 heavy (non-hydrogen) atoms. The van der Waals surface area contributed by atoms with E-state index in [1.54, 1.807) is 60.7 Å². The van der Waals surface area contributed by atoms with Crippen LogP contribution in [0, 0.1) is 13.8 Å². The molecule has 1 aromatic heterocycles. The number of aryl methyl sites for hydroxylation is 1. The Morgan fingerprint density at radius 2 is 1.64 bits per heavy atom. The molecule has 1 N–H and O–H groups in total. The van der Waals surface area contributed by atoms with Gasteiger partial charge in [0.1, 0.15) is 12.3 Å². The Kier molecular flexibility index (Phi) is 8.64. The Morgan fingerprint density at radius 3 is 2.26 bits per heavy atom. The van der Waals surface area contributed by atoms with E-state index in [-0.39, 0.29) is 4.90 Å². The van der Waals surface area contributed by atoms with Gasteiger partial charge in [-0.1, -0.05) is 41.4 Å². The highest BCUT2D eigenvalue weighted by Gasteiger charge is 2.27. The van der Waals surface area contributed by atoms with Gasteiger partial charge in [0.25, 0.3) is 15.9 Å². The van der Waals surface area contributed by atoms with Crippen molar-refractivity contribution in [2.75, 3.05) is 18.0 Å². The van der Waals surface area contributed by atoms with Crippen molar-refractivity contribution < 1.29 is 17.9 Å². The predicted molar refractivity (Wildman–Crippen MR) is 155 cm³/mol. The van der Waals surface area contributed by atoms with E-state index in [0.29, 0.717) is 21.5 Å². The van der Waals surface area contributed by atoms with Gasteiger partial charge < -0.3 is 9.30 Å². The number of rotatable bonds is 9. The third-order valence-electron chi connectivity index (χ3n) is 5.95. The molecule has 0 saturated carbocycles. The molecule has 0 aliphatic rings. The lowest BCUT2D eigenvalue weighted by Crippen LogP contribution is -2.39. The highest BCUT2D eigenvalue weighted by Crippen LogP contribution is 2.27. The third-order valence-corrected chi connectivity index (χ3v) is 8.17. The fourth-order valence-electron chi connectivity index (χ4n) is 4.11. The van der Waals surface area contributed by atoms with Crippen LogP contribution in [0.5, 0.6) is 5.75 Å². The molecule has 11 heteroatoms. The van der Waals surface area contributed by atoms with Crippen molar-refractivity contribution in [2.24, 2.45) is 5.10 Å². The van der Waals surface area contributed by atoms with E-state index in [1.165, 1.54) is 25.5 Å². The van der Waals surface area contributed by atoms with E-state index in [1.807, 2.05) is 24.5 Å². The second kappa shape index (κ2) is 11.9. The number of aromatic nitrogens is 1. The summed E-state index contributed by atoms with van der Waals surface area (Å²) in [4.78, 5) is 12.9. The highest BCUT2D eigenvalue weighted by molar-refractivity contribution is 7.92. The van der Waals surface area contributed by atoms with Gasteiger partial charge in [-0.2, -0.15) is 5.10 Å². The number of amides is 1. The molecule has 1 heterocycles. The molecule has 4 aromatic rings. The first kappa shape index (κ1) is 28.2. The van der Waals surface area contributed by atoms with Gasteiger partial charge in [0.2, 0.25) is 0 Å². The minimum absolute atomic E-state index is 0.0608. The molecule has 0 aliphatic heterocycles. The predicted octanol–water partition coefficient (Wildman–Crippen LogP) is 5.76. The summed E-state index contributed by atoms with van der Waals surface area (Å²) in [6.07, 6.45) is 1.51. The van der Waals surface area contributed by atoms with E-state index >= 15 is 0 Å². The van der Waals surface area contributed by atoms with Gasteiger partial charge in [0, 0.05) is 32.7 Å². The third kappa shape index (κ3) is 6.44. The molecule has 8 nitrogen and oxygen atoms in total. The van der Waals surface area contributed by atoms with Crippen molar-refractivity contribution in [2.45, 2.75) is 18.7 Å². The first-order valence-corrected chi connectivity index (χ1v) is 14.0. The van der Waals surface area contributed by atoms with Crippen molar-refractivity contribution in [3.8, 4) is 11.4 Å². The molecule has 0 bridgehead atoms. The molecule has 0 saturated heterocycles. The molecule has 0 spiro atoms. The Morgan fingerprint density at radius 1 is 1.00 bits per heavy atom. The Hall–Kier alpha value is -3.79. The number of nitrogens with zero attached hydrogens (tertiary/aromatic N) is 3. The molecule has 1 amide bonds. The summed E-state index contributed by atoms with van der Waals surface area (Å²) in [5.41, 5.74) is 6.08. The first-order chi connectivity index (χ1) is 18.6.